The zero-order valence-corrected chi connectivity index (χ0v) is 11.2. The second kappa shape index (κ2) is 5.08. The van der Waals surface area contributed by atoms with Gasteiger partial charge in [0.25, 0.3) is 0 Å². The molecule has 84 valence electrons. The summed E-state index contributed by atoms with van der Waals surface area (Å²) >= 11 is 4.99. The van der Waals surface area contributed by atoms with E-state index in [2.05, 4.69) is 20.9 Å². The molecule has 2 rings (SSSR count). The molecule has 0 aliphatic heterocycles. The number of nitrogens with zero attached hydrogens (tertiary/aromatic N) is 1. The van der Waals surface area contributed by atoms with E-state index in [-0.39, 0.29) is 5.92 Å². The first-order chi connectivity index (χ1) is 7.68. The van der Waals surface area contributed by atoms with E-state index in [0.717, 1.165) is 14.9 Å². The fourth-order valence-corrected chi connectivity index (χ4v) is 2.82. The predicted molar refractivity (Wildman–Crippen MR) is 69.6 cm³/mol. The van der Waals surface area contributed by atoms with E-state index < -0.39 is 6.10 Å². The minimum Gasteiger partial charge on any atom is -0.388 e. The number of pyridine rings is 1. The molecule has 2 aromatic heterocycles. The van der Waals surface area contributed by atoms with Gasteiger partial charge in [-0.2, -0.15) is 0 Å². The zero-order valence-electron chi connectivity index (χ0n) is 8.80. The Balaban J connectivity index is 2.19. The van der Waals surface area contributed by atoms with Crippen molar-refractivity contribution in [1.29, 1.82) is 0 Å². The maximum Gasteiger partial charge on any atom is 0.0864 e. The predicted octanol–water partition coefficient (Wildman–Crippen LogP) is 3.74. The first kappa shape index (κ1) is 11.8. The number of hydrogen-bond acceptors (Lipinski definition) is 3. The van der Waals surface area contributed by atoms with Crippen LogP contribution in [0.15, 0.2) is 39.8 Å². The molecule has 0 aromatic carbocycles. The number of halogens is 1. The van der Waals surface area contributed by atoms with Gasteiger partial charge in [-0.3, -0.25) is 4.98 Å². The highest BCUT2D eigenvalue weighted by molar-refractivity contribution is 9.11. The average Bonchev–Trinajstić information content (AvgIpc) is 2.75. The van der Waals surface area contributed by atoms with Gasteiger partial charge >= 0.3 is 0 Å². The highest BCUT2D eigenvalue weighted by atomic mass is 79.9. The molecular weight excluding hydrogens is 286 g/mol. The van der Waals surface area contributed by atoms with Gasteiger partial charge < -0.3 is 5.11 Å². The van der Waals surface area contributed by atoms with E-state index in [4.69, 9.17) is 0 Å². The van der Waals surface area contributed by atoms with Crippen LogP contribution in [0.3, 0.4) is 0 Å². The number of hydrogen-bond donors (Lipinski definition) is 1. The molecule has 16 heavy (non-hydrogen) atoms. The van der Waals surface area contributed by atoms with Gasteiger partial charge in [-0.1, -0.05) is 6.92 Å². The number of aromatic nitrogens is 1. The molecule has 0 radical (unpaired) electrons. The molecule has 0 amide bonds. The normalized spacial score (nSPS) is 14.7. The smallest absolute Gasteiger partial charge is 0.0864 e. The first-order valence-electron chi connectivity index (χ1n) is 5.00. The van der Waals surface area contributed by atoms with Crippen molar-refractivity contribution in [3.63, 3.8) is 0 Å². The van der Waals surface area contributed by atoms with Crippen LogP contribution in [-0.4, -0.2) is 10.1 Å². The topological polar surface area (TPSA) is 33.1 Å². The molecule has 0 bridgehead atoms. The number of aliphatic hydroxyl groups excluding tert-OH is 1. The van der Waals surface area contributed by atoms with Gasteiger partial charge in [0.2, 0.25) is 0 Å². The third kappa shape index (κ3) is 2.51. The van der Waals surface area contributed by atoms with Gasteiger partial charge in [-0.05, 0) is 50.6 Å². The lowest BCUT2D eigenvalue weighted by atomic mass is 9.93. The second-order valence-corrected chi connectivity index (χ2v) is 5.99. The summed E-state index contributed by atoms with van der Waals surface area (Å²) in [6.07, 6.45) is 3.04. The lowest BCUT2D eigenvalue weighted by molar-refractivity contribution is 0.152. The molecule has 4 heteroatoms. The maximum atomic E-state index is 10.2. The maximum absolute atomic E-state index is 10.2. The van der Waals surface area contributed by atoms with Crippen molar-refractivity contribution in [2.75, 3.05) is 0 Å². The Hall–Kier alpha value is -0.710. The fraction of sp³-hybridized carbons (Fsp3) is 0.250. The lowest BCUT2D eigenvalue weighted by Crippen LogP contribution is -2.06. The summed E-state index contributed by atoms with van der Waals surface area (Å²) in [7, 11) is 0. The van der Waals surface area contributed by atoms with Gasteiger partial charge in [-0.25, -0.2) is 0 Å². The van der Waals surface area contributed by atoms with Crippen LogP contribution in [0.2, 0.25) is 0 Å². The molecule has 0 spiro atoms. The largest absolute Gasteiger partial charge is 0.388 e. The summed E-state index contributed by atoms with van der Waals surface area (Å²) < 4.78 is 1.04. The third-order valence-electron chi connectivity index (χ3n) is 2.63. The van der Waals surface area contributed by atoms with E-state index in [1.807, 2.05) is 30.5 Å². The van der Waals surface area contributed by atoms with Crippen molar-refractivity contribution in [2.24, 2.45) is 0 Å². The van der Waals surface area contributed by atoms with E-state index in [1.165, 1.54) is 0 Å². The van der Waals surface area contributed by atoms with E-state index >= 15 is 0 Å². The number of thiophene rings is 1. The van der Waals surface area contributed by atoms with Crippen LogP contribution >= 0.6 is 27.3 Å². The molecule has 0 aliphatic rings. The van der Waals surface area contributed by atoms with Gasteiger partial charge in [0.05, 0.1) is 9.89 Å². The van der Waals surface area contributed by atoms with Crippen LogP contribution in [0.4, 0.5) is 0 Å². The molecular formula is C12H12BrNOS. The lowest BCUT2D eigenvalue weighted by Gasteiger charge is -2.18. The molecule has 0 fully saturated rings. The van der Waals surface area contributed by atoms with Crippen LogP contribution in [-0.2, 0) is 0 Å². The molecule has 2 unspecified atom stereocenters. The van der Waals surface area contributed by atoms with E-state index in [0.29, 0.717) is 0 Å². The third-order valence-corrected chi connectivity index (χ3v) is 4.16. The summed E-state index contributed by atoms with van der Waals surface area (Å²) in [5, 5.41) is 12.2. The Labute approximate surface area is 107 Å². The minimum atomic E-state index is -0.468. The quantitative estimate of drug-likeness (QED) is 0.936. The Morgan fingerprint density at radius 2 is 2.00 bits per heavy atom. The molecule has 0 saturated heterocycles. The molecule has 2 atom stereocenters. The monoisotopic (exact) mass is 297 g/mol. The second-order valence-electron chi connectivity index (χ2n) is 3.70. The van der Waals surface area contributed by atoms with Crippen molar-refractivity contribution in [1.82, 2.24) is 4.98 Å². The zero-order chi connectivity index (χ0) is 11.5. The first-order valence-corrected chi connectivity index (χ1v) is 6.67. The molecule has 0 aliphatic carbocycles. The molecule has 2 heterocycles. The van der Waals surface area contributed by atoms with Crippen molar-refractivity contribution in [2.45, 2.75) is 18.9 Å². The van der Waals surface area contributed by atoms with Gasteiger partial charge in [0, 0.05) is 18.3 Å². The van der Waals surface area contributed by atoms with Crippen LogP contribution in [0, 0.1) is 0 Å². The number of aliphatic hydroxyl groups is 1. The Bertz CT molecular complexity index is 457. The highest BCUT2D eigenvalue weighted by Crippen LogP contribution is 2.33. The van der Waals surface area contributed by atoms with Crippen LogP contribution in [0.1, 0.15) is 30.1 Å². The Kier molecular flexibility index (Phi) is 3.74. The molecule has 0 saturated carbocycles. The van der Waals surface area contributed by atoms with E-state index in [9.17, 15) is 5.11 Å². The van der Waals surface area contributed by atoms with Crippen LogP contribution in [0.5, 0.6) is 0 Å². The summed E-state index contributed by atoms with van der Waals surface area (Å²) in [6, 6.07) is 5.84. The molecule has 2 nitrogen and oxygen atoms in total. The SMILES string of the molecule is CC(c1ccncc1)C(O)c1csc(Br)c1. The summed E-state index contributed by atoms with van der Waals surface area (Å²) in [5.74, 6) is 0.0736. The summed E-state index contributed by atoms with van der Waals surface area (Å²) in [6.45, 7) is 2.02. The van der Waals surface area contributed by atoms with Gasteiger partial charge in [-0.15, -0.1) is 11.3 Å². The summed E-state index contributed by atoms with van der Waals surface area (Å²) in [4.78, 5) is 3.98. The molecule has 2 aromatic rings. The van der Waals surface area contributed by atoms with Crippen molar-refractivity contribution in [3.05, 3.63) is 50.9 Å². The van der Waals surface area contributed by atoms with Gasteiger partial charge in [0.15, 0.2) is 0 Å². The van der Waals surface area contributed by atoms with Crippen LogP contribution in [0.25, 0.3) is 0 Å². The Morgan fingerprint density at radius 1 is 1.31 bits per heavy atom. The minimum absolute atomic E-state index is 0.0736. The van der Waals surface area contributed by atoms with E-state index in [1.54, 1.807) is 23.7 Å². The van der Waals surface area contributed by atoms with Crippen molar-refractivity contribution in [3.8, 4) is 0 Å². The molecule has 1 N–H and O–H groups in total. The Morgan fingerprint density at radius 3 is 2.56 bits per heavy atom. The van der Waals surface area contributed by atoms with Gasteiger partial charge in [0.1, 0.15) is 0 Å². The van der Waals surface area contributed by atoms with Crippen LogP contribution < -0.4 is 0 Å². The average molecular weight is 298 g/mol. The number of rotatable bonds is 3. The standard InChI is InChI=1S/C12H12BrNOS/c1-8(9-2-4-14-5-3-9)12(15)10-6-11(13)16-7-10/h2-8,12,15H,1H3. The van der Waals surface area contributed by atoms with Crippen molar-refractivity contribution < 1.29 is 5.11 Å². The highest BCUT2D eigenvalue weighted by Gasteiger charge is 2.18. The summed E-state index contributed by atoms with van der Waals surface area (Å²) in [5.41, 5.74) is 2.06. The fourth-order valence-electron chi connectivity index (χ4n) is 1.62. The van der Waals surface area contributed by atoms with Crippen molar-refractivity contribution >= 4 is 27.3 Å².